The van der Waals surface area contributed by atoms with Crippen molar-refractivity contribution in [3.63, 3.8) is 0 Å². The van der Waals surface area contributed by atoms with E-state index in [-0.39, 0.29) is 0 Å². The molecule has 2 N–H and O–H groups in total. The fourth-order valence-electron chi connectivity index (χ4n) is 3.76. The minimum Gasteiger partial charge on any atom is -0.396 e. The molecule has 2 nitrogen and oxygen atoms in total. The second-order valence-electron chi connectivity index (χ2n) is 5.62. The molecule has 0 aliphatic heterocycles. The van der Waals surface area contributed by atoms with E-state index in [1.807, 2.05) is 0 Å². The molecule has 0 aromatic rings. The highest BCUT2D eigenvalue weighted by atomic mass is 16.3. The monoisotopic (exact) mass is 207 g/mol. The zero-order valence-electron chi connectivity index (χ0n) is 9.23. The quantitative estimate of drug-likeness (QED) is 0.690. The molecule has 0 radical (unpaired) electrons. The van der Waals surface area contributed by atoms with Crippen LogP contribution < -0.4 is 5.32 Å². The highest BCUT2D eigenvalue weighted by Crippen LogP contribution is 2.44. The van der Waals surface area contributed by atoms with Crippen molar-refractivity contribution in [3.05, 3.63) is 12.2 Å². The molecule has 0 aromatic heterocycles. The lowest BCUT2D eigenvalue weighted by Gasteiger charge is -2.26. The Bertz CT molecular complexity index is 263. The third-order valence-corrected chi connectivity index (χ3v) is 4.57. The van der Waals surface area contributed by atoms with Crippen LogP contribution in [-0.4, -0.2) is 23.8 Å². The summed E-state index contributed by atoms with van der Waals surface area (Å²) in [6.07, 6.45) is 11.3. The molecular weight excluding hydrogens is 186 g/mol. The molecule has 0 saturated heterocycles. The predicted molar refractivity (Wildman–Crippen MR) is 60.5 cm³/mol. The lowest BCUT2D eigenvalue weighted by molar-refractivity contribution is 0.240. The van der Waals surface area contributed by atoms with Crippen molar-refractivity contribution in [1.29, 1.82) is 0 Å². The van der Waals surface area contributed by atoms with Crippen LogP contribution in [0, 0.1) is 17.8 Å². The Labute approximate surface area is 91.8 Å². The standard InChI is InChI=1S/C13H21NO/c15-8-10-2-4-12(6-10)14-13-7-9-1-3-11(13)5-9/h2,4,9-15H,1,3,5-8H2/t9?,10-,11?,12+,13?/m0/s1. The van der Waals surface area contributed by atoms with Gasteiger partial charge in [-0.3, -0.25) is 0 Å². The number of hydrogen-bond donors (Lipinski definition) is 2. The maximum absolute atomic E-state index is 9.07. The molecule has 2 bridgehead atoms. The number of rotatable bonds is 3. The van der Waals surface area contributed by atoms with E-state index in [0.29, 0.717) is 18.6 Å². The molecule has 0 aromatic carbocycles. The molecular formula is C13H21NO. The molecule has 84 valence electrons. The van der Waals surface area contributed by atoms with E-state index < -0.39 is 0 Å². The molecule has 0 heterocycles. The van der Waals surface area contributed by atoms with Crippen LogP contribution in [0.5, 0.6) is 0 Å². The molecule has 3 aliphatic rings. The summed E-state index contributed by atoms with van der Waals surface area (Å²) in [5.74, 6) is 2.38. The van der Waals surface area contributed by atoms with Gasteiger partial charge in [0.2, 0.25) is 0 Å². The van der Waals surface area contributed by atoms with Crippen LogP contribution in [0.4, 0.5) is 0 Å². The maximum atomic E-state index is 9.07. The van der Waals surface area contributed by atoms with E-state index in [1.165, 1.54) is 25.7 Å². The number of aliphatic hydroxyl groups excluding tert-OH is 1. The summed E-state index contributed by atoms with van der Waals surface area (Å²) in [6.45, 7) is 0.311. The van der Waals surface area contributed by atoms with Crippen molar-refractivity contribution in [3.8, 4) is 0 Å². The van der Waals surface area contributed by atoms with Crippen molar-refractivity contribution in [2.75, 3.05) is 6.61 Å². The van der Waals surface area contributed by atoms with E-state index >= 15 is 0 Å². The third kappa shape index (κ3) is 1.85. The second-order valence-corrected chi connectivity index (χ2v) is 5.62. The van der Waals surface area contributed by atoms with Gasteiger partial charge in [-0.15, -0.1) is 0 Å². The molecule has 5 atom stereocenters. The van der Waals surface area contributed by atoms with Gasteiger partial charge < -0.3 is 10.4 Å². The van der Waals surface area contributed by atoms with Gasteiger partial charge in [0.15, 0.2) is 0 Å². The van der Waals surface area contributed by atoms with Crippen LogP contribution in [-0.2, 0) is 0 Å². The molecule has 0 spiro atoms. The van der Waals surface area contributed by atoms with Crippen LogP contribution >= 0.6 is 0 Å². The maximum Gasteiger partial charge on any atom is 0.0494 e. The van der Waals surface area contributed by atoms with Gasteiger partial charge in [-0.2, -0.15) is 0 Å². The molecule has 3 unspecified atom stereocenters. The van der Waals surface area contributed by atoms with Gasteiger partial charge in [-0.05, 0) is 37.5 Å². The first-order valence-corrected chi connectivity index (χ1v) is 6.40. The topological polar surface area (TPSA) is 32.3 Å². The van der Waals surface area contributed by atoms with E-state index in [1.54, 1.807) is 0 Å². The van der Waals surface area contributed by atoms with Gasteiger partial charge in [0, 0.05) is 24.6 Å². The summed E-state index contributed by atoms with van der Waals surface area (Å²) in [4.78, 5) is 0. The molecule has 2 fully saturated rings. The number of nitrogens with one attached hydrogen (secondary N) is 1. The van der Waals surface area contributed by atoms with Crippen LogP contribution in [0.3, 0.4) is 0 Å². The Morgan fingerprint density at radius 3 is 2.67 bits per heavy atom. The van der Waals surface area contributed by atoms with Crippen molar-refractivity contribution < 1.29 is 5.11 Å². The average Bonchev–Trinajstić information content (AvgIpc) is 2.92. The molecule has 2 saturated carbocycles. The Balaban J connectivity index is 1.52. The lowest BCUT2D eigenvalue weighted by atomic mass is 9.94. The number of hydrogen-bond acceptors (Lipinski definition) is 2. The van der Waals surface area contributed by atoms with Crippen molar-refractivity contribution in [1.82, 2.24) is 5.32 Å². The van der Waals surface area contributed by atoms with Gasteiger partial charge in [-0.1, -0.05) is 18.6 Å². The van der Waals surface area contributed by atoms with E-state index in [4.69, 9.17) is 5.11 Å². The number of aliphatic hydroxyl groups is 1. The molecule has 3 aliphatic carbocycles. The molecule has 0 amide bonds. The smallest absolute Gasteiger partial charge is 0.0494 e. The van der Waals surface area contributed by atoms with Gasteiger partial charge in [0.1, 0.15) is 0 Å². The van der Waals surface area contributed by atoms with Gasteiger partial charge in [0.25, 0.3) is 0 Å². The summed E-state index contributed by atoms with van der Waals surface area (Å²) in [6, 6.07) is 1.31. The SMILES string of the molecule is OC[C@H]1C=C[C@@H](NC2CC3CCC2C3)C1. The van der Waals surface area contributed by atoms with Gasteiger partial charge in [-0.25, -0.2) is 0 Å². The minimum atomic E-state index is 0.311. The van der Waals surface area contributed by atoms with Crippen molar-refractivity contribution in [2.24, 2.45) is 17.8 Å². The fourth-order valence-corrected chi connectivity index (χ4v) is 3.76. The Hall–Kier alpha value is -0.340. The zero-order valence-corrected chi connectivity index (χ0v) is 9.23. The first-order valence-electron chi connectivity index (χ1n) is 6.40. The Kier molecular flexibility index (Phi) is 2.57. The lowest BCUT2D eigenvalue weighted by Crippen LogP contribution is -2.40. The number of fused-ring (bicyclic) bond motifs is 2. The van der Waals surface area contributed by atoms with Crippen LogP contribution in [0.25, 0.3) is 0 Å². The highest BCUT2D eigenvalue weighted by Gasteiger charge is 2.40. The predicted octanol–water partition coefficient (Wildman–Crippen LogP) is 1.70. The highest BCUT2D eigenvalue weighted by molar-refractivity contribution is 5.08. The fraction of sp³-hybridized carbons (Fsp3) is 0.846. The zero-order chi connectivity index (χ0) is 10.3. The van der Waals surface area contributed by atoms with Crippen LogP contribution in [0.15, 0.2) is 12.2 Å². The summed E-state index contributed by atoms with van der Waals surface area (Å²) < 4.78 is 0. The van der Waals surface area contributed by atoms with Gasteiger partial charge in [0.05, 0.1) is 0 Å². The molecule has 3 rings (SSSR count). The van der Waals surface area contributed by atoms with E-state index in [9.17, 15) is 0 Å². The normalized spacial score (nSPS) is 47.9. The Morgan fingerprint density at radius 2 is 2.07 bits per heavy atom. The minimum absolute atomic E-state index is 0.311. The largest absolute Gasteiger partial charge is 0.396 e. The summed E-state index contributed by atoms with van der Waals surface area (Å²) in [5.41, 5.74) is 0. The first kappa shape index (κ1) is 9.86. The molecule has 15 heavy (non-hydrogen) atoms. The average molecular weight is 207 g/mol. The first-order chi connectivity index (χ1) is 7.35. The van der Waals surface area contributed by atoms with E-state index in [2.05, 4.69) is 17.5 Å². The summed E-state index contributed by atoms with van der Waals surface area (Å²) in [5, 5.41) is 12.8. The van der Waals surface area contributed by atoms with Crippen LogP contribution in [0.1, 0.15) is 32.1 Å². The van der Waals surface area contributed by atoms with Crippen molar-refractivity contribution in [2.45, 2.75) is 44.2 Å². The van der Waals surface area contributed by atoms with E-state index in [0.717, 1.165) is 24.3 Å². The Morgan fingerprint density at radius 1 is 1.13 bits per heavy atom. The van der Waals surface area contributed by atoms with Gasteiger partial charge >= 0.3 is 0 Å². The van der Waals surface area contributed by atoms with Crippen LogP contribution in [0.2, 0.25) is 0 Å². The third-order valence-electron chi connectivity index (χ3n) is 4.57. The summed E-state index contributed by atoms with van der Waals surface area (Å²) in [7, 11) is 0. The summed E-state index contributed by atoms with van der Waals surface area (Å²) >= 11 is 0. The molecule has 2 heteroatoms. The van der Waals surface area contributed by atoms with Crippen molar-refractivity contribution >= 4 is 0 Å². The second kappa shape index (κ2) is 3.91.